The first kappa shape index (κ1) is 21.8. The SMILES string of the molecule is CSc1nc2c(c(N3CC4CCC(C3)N4C(=O)OC(C)(C)C)n1)C1=NCCN1C(Cl)=C2F. The molecule has 0 N–H and O–H groups in total. The zero-order valence-electron chi connectivity index (χ0n) is 18.6. The Kier molecular flexibility index (Phi) is 5.28. The minimum Gasteiger partial charge on any atom is -0.444 e. The third kappa shape index (κ3) is 3.51. The highest BCUT2D eigenvalue weighted by molar-refractivity contribution is 7.98. The third-order valence-corrected chi connectivity index (χ3v) is 7.05. The van der Waals surface area contributed by atoms with Crippen molar-refractivity contribution in [3.8, 4) is 0 Å². The molecule has 8 nitrogen and oxygen atoms in total. The fourth-order valence-corrected chi connectivity index (χ4v) is 5.49. The zero-order valence-corrected chi connectivity index (χ0v) is 20.1. The summed E-state index contributed by atoms with van der Waals surface area (Å²) in [5.74, 6) is 0.734. The van der Waals surface area contributed by atoms with E-state index >= 15 is 4.39 Å². The first-order valence-corrected chi connectivity index (χ1v) is 12.4. The Balaban J connectivity index is 1.52. The number of aromatic nitrogens is 2. The number of carbonyl (C=O) groups excluding carboxylic acids is 1. The molecule has 2 atom stereocenters. The highest BCUT2D eigenvalue weighted by atomic mass is 35.5. The number of piperazine rings is 1. The van der Waals surface area contributed by atoms with Crippen LogP contribution in [-0.2, 0) is 4.74 Å². The predicted octanol–water partition coefficient (Wildman–Crippen LogP) is 3.70. The van der Waals surface area contributed by atoms with Gasteiger partial charge in [0.25, 0.3) is 0 Å². The molecule has 4 aliphatic rings. The molecule has 4 aliphatic heterocycles. The van der Waals surface area contributed by atoms with Crippen LogP contribution >= 0.6 is 23.4 Å². The molecule has 0 radical (unpaired) electrons. The second kappa shape index (κ2) is 7.76. The van der Waals surface area contributed by atoms with Gasteiger partial charge in [-0.25, -0.2) is 19.2 Å². The molecule has 2 saturated heterocycles. The van der Waals surface area contributed by atoms with E-state index in [1.54, 1.807) is 4.90 Å². The molecule has 5 heterocycles. The number of hydrogen-bond donors (Lipinski definition) is 0. The summed E-state index contributed by atoms with van der Waals surface area (Å²) in [6.07, 6.45) is 3.39. The monoisotopic (exact) mass is 480 g/mol. The van der Waals surface area contributed by atoms with E-state index < -0.39 is 11.4 Å². The van der Waals surface area contributed by atoms with E-state index in [-0.39, 0.29) is 29.0 Å². The van der Waals surface area contributed by atoms with E-state index in [1.807, 2.05) is 31.9 Å². The Hall–Kier alpha value is -2.07. The van der Waals surface area contributed by atoms with Crippen molar-refractivity contribution in [2.24, 2.45) is 4.99 Å². The number of hydrogen-bond acceptors (Lipinski definition) is 8. The summed E-state index contributed by atoms with van der Waals surface area (Å²) in [5.41, 5.74) is 0.246. The van der Waals surface area contributed by atoms with E-state index in [0.717, 1.165) is 12.8 Å². The summed E-state index contributed by atoms with van der Waals surface area (Å²) in [6.45, 7) is 7.89. The van der Waals surface area contributed by atoms with Crippen molar-refractivity contribution >= 4 is 46.9 Å². The Morgan fingerprint density at radius 3 is 2.53 bits per heavy atom. The number of nitrogens with zero attached hydrogens (tertiary/aromatic N) is 6. The quantitative estimate of drug-likeness (QED) is 0.363. The lowest BCUT2D eigenvalue weighted by Crippen LogP contribution is -2.57. The summed E-state index contributed by atoms with van der Waals surface area (Å²) in [6, 6.07) is 0.0299. The number of aliphatic imine (C=N–C) groups is 1. The molecule has 0 spiro atoms. The van der Waals surface area contributed by atoms with Crippen LogP contribution in [0.1, 0.15) is 44.9 Å². The number of fused-ring (bicyclic) bond motifs is 5. The first-order valence-electron chi connectivity index (χ1n) is 10.8. The number of thioether (sulfide) groups is 1. The van der Waals surface area contributed by atoms with Gasteiger partial charge < -0.3 is 14.5 Å². The summed E-state index contributed by atoms with van der Waals surface area (Å²) >= 11 is 7.66. The van der Waals surface area contributed by atoms with Gasteiger partial charge in [0.2, 0.25) is 0 Å². The maximum atomic E-state index is 15.2. The van der Waals surface area contributed by atoms with Gasteiger partial charge in [-0.05, 0) is 39.9 Å². The van der Waals surface area contributed by atoms with Crippen molar-refractivity contribution in [2.75, 3.05) is 37.3 Å². The molecule has 0 aromatic carbocycles. The molecule has 1 aromatic rings. The molecular weight excluding hydrogens is 455 g/mol. The van der Waals surface area contributed by atoms with Gasteiger partial charge in [-0.15, -0.1) is 0 Å². The van der Waals surface area contributed by atoms with Gasteiger partial charge in [-0.3, -0.25) is 9.89 Å². The van der Waals surface area contributed by atoms with Gasteiger partial charge in [0.1, 0.15) is 28.1 Å². The summed E-state index contributed by atoms with van der Waals surface area (Å²) in [5, 5.41) is 0.507. The fraction of sp³-hybridized carbons (Fsp3) is 0.619. The molecule has 0 aliphatic carbocycles. The molecule has 2 bridgehead atoms. The van der Waals surface area contributed by atoms with Crippen LogP contribution < -0.4 is 4.90 Å². The largest absolute Gasteiger partial charge is 0.444 e. The van der Waals surface area contributed by atoms with Crippen molar-refractivity contribution in [3.63, 3.8) is 0 Å². The van der Waals surface area contributed by atoms with Crippen LogP contribution in [0.2, 0.25) is 0 Å². The Labute approximate surface area is 195 Å². The molecule has 0 saturated carbocycles. The molecule has 2 unspecified atom stereocenters. The van der Waals surface area contributed by atoms with Gasteiger partial charge in [0.15, 0.2) is 11.0 Å². The zero-order chi connectivity index (χ0) is 22.8. The predicted molar refractivity (Wildman–Crippen MR) is 123 cm³/mol. The molecule has 2 fully saturated rings. The Bertz CT molecular complexity index is 1030. The molecule has 5 rings (SSSR count). The Morgan fingerprint density at radius 2 is 1.91 bits per heavy atom. The van der Waals surface area contributed by atoms with E-state index in [1.165, 1.54) is 11.8 Å². The van der Waals surface area contributed by atoms with Crippen LogP contribution in [-0.4, -0.2) is 81.8 Å². The lowest BCUT2D eigenvalue weighted by Gasteiger charge is -2.42. The smallest absolute Gasteiger partial charge is 0.410 e. The van der Waals surface area contributed by atoms with E-state index in [9.17, 15) is 4.79 Å². The van der Waals surface area contributed by atoms with Crippen LogP contribution in [0.15, 0.2) is 15.3 Å². The summed E-state index contributed by atoms with van der Waals surface area (Å²) in [7, 11) is 0. The van der Waals surface area contributed by atoms with Crippen molar-refractivity contribution in [1.29, 1.82) is 0 Å². The number of halogens is 2. The molecule has 32 heavy (non-hydrogen) atoms. The summed E-state index contributed by atoms with van der Waals surface area (Å²) < 4.78 is 20.9. The van der Waals surface area contributed by atoms with Crippen molar-refractivity contribution in [3.05, 3.63) is 16.4 Å². The number of ether oxygens (including phenoxy) is 1. The highest BCUT2D eigenvalue weighted by Crippen LogP contribution is 2.42. The second-order valence-corrected chi connectivity index (χ2v) is 10.5. The topological polar surface area (TPSA) is 74.2 Å². The highest BCUT2D eigenvalue weighted by Gasteiger charge is 2.46. The maximum absolute atomic E-state index is 15.2. The maximum Gasteiger partial charge on any atom is 0.410 e. The average molecular weight is 481 g/mol. The average Bonchev–Trinajstić information content (AvgIpc) is 3.32. The van der Waals surface area contributed by atoms with Crippen molar-refractivity contribution in [2.45, 2.75) is 56.5 Å². The molecule has 172 valence electrons. The van der Waals surface area contributed by atoms with Crippen LogP contribution in [0, 0.1) is 0 Å². The number of amides is 1. The van der Waals surface area contributed by atoms with Crippen LogP contribution in [0.3, 0.4) is 0 Å². The lowest BCUT2D eigenvalue weighted by molar-refractivity contribution is 0.0122. The van der Waals surface area contributed by atoms with Crippen LogP contribution in [0.5, 0.6) is 0 Å². The third-order valence-electron chi connectivity index (χ3n) is 6.13. The lowest BCUT2D eigenvalue weighted by atomic mass is 10.1. The number of rotatable bonds is 2. The van der Waals surface area contributed by atoms with Gasteiger partial charge in [-0.2, -0.15) is 0 Å². The van der Waals surface area contributed by atoms with Crippen LogP contribution in [0.25, 0.3) is 5.83 Å². The molecular formula is C21H26ClFN6O2S. The van der Waals surface area contributed by atoms with E-state index in [0.29, 0.717) is 48.6 Å². The van der Waals surface area contributed by atoms with E-state index in [4.69, 9.17) is 21.3 Å². The standard InChI is InChI=1S/C21H26ClFN6O2S/c1-21(2,3)31-20(30)29-11-5-6-12(29)10-27(9-11)18-13-15(25-19(26-18)32-4)14(23)16(22)28-8-7-24-17(13)28/h11-12H,5-10H2,1-4H3. The molecule has 1 amide bonds. The normalized spacial score (nSPS) is 24.6. The number of anilines is 1. The van der Waals surface area contributed by atoms with Crippen molar-refractivity contribution < 1.29 is 13.9 Å². The second-order valence-electron chi connectivity index (χ2n) is 9.40. The van der Waals surface area contributed by atoms with Gasteiger partial charge >= 0.3 is 6.09 Å². The first-order chi connectivity index (χ1) is 15.2. The minimum absolute atomic E-state index is 0.0149. The van der Waals surface area contributed by atoms with Gasteiger partial charge in [0.05, 0.1) is 24.2 Å². The summed E-state index contributed by atoms with van der Waals surface area (Å²) in [4.78, 5) is 32.4. The van der Waals surface area contributed by atoms with Crippen molar-refractivity contribution in [1.82, 2.24) is 19.8 Å². The number of carbonyl (C=O) groups is 1. The number of amidine groups is 1. The van der Waals surface area contributed by atoms with E-state index in [2.05, 4.69) is 14.9 Å². The fourth-order valence-electron chi connectivity index (χ4n) is 4.87. The Morgan fingerprint density at radius 1 is 1.22 bits per heavy atom. The van der Waals surface area contributed by atoms with Gasteiger partial charge in [-0.1, -0.05) is 23.4 Å². The van der Waals surface area contributed by atoms with Gasteiger partial charge in [0, 0.05) is 19.6 Å². The minimum atomic E-state index is -0.545. The molecule has 11 heteroatoms. The molecule has 1 aromatic heterocycles. The van der Waals surface area contributed by atoms with Crippen LogP contribution in [0.4, 0.5) is 15.0 Å².